The summed E-state index contributed by atoms with van der Waals surface area (Å²) in [7, 11) is -3.22. The molecule has 0 saturated carbocycles. The van der Waals surface area contributed by atoms with Gasteiger partial charge in [-0.1, -0.05) is 19.1 Å². The fourth-order valence-electron chi connectivity index (χ4n) is 1.71. The highest BCUT2D eigenvalue weighted by Crippen LogP contribution is 2.21. The van der Waals surface area contributed by atoms with Crippen LogP contribution in [0.3, 0.4) is 0 Å². The smallest absolute Gasteiger partial charge is 0.177 e. The van der Waals surface area contributed by atoms with E-state index in [1.54, 1.807) is 29.5 Å². The van der Waals surface area contributed by atoms with Crippen molar-refractivity contribution >= 4 is 26.9 Å². The minimum Gasteiger partial charge on any atom is -0.378 e. The SMILES string of the molecule is CCc1nc(CNc2ccccc2S(C)(=O)=O)cs1. The lowest BCUT2D eigenvalue weighted by Crippen LogP contribution is -2.06. The number of hydrogen-bond acceptors (Lipinski definition) is 5. The molecule has 0 radical (unpaired) electrons. The summed E-state index contributed by atoms with van der Waals surface area (Å²) in [4.78, 5) is 4.76. The minimum atomic E-state index is -3.22. The molecule has 102 valence electrons. The van der Waals surface area contributed by atoms with E-state index in [2.05, 4.69) is 17.2 Å². The summed E-state index contributed by atoms with van der Waals surface area (Å²) in [5, 5.41) is 6.22. The summed E-state index contributed by atoms with van der Waals surface area (Å²) in [6, 6.07) is 6.91. The molecule has 2 rings (SSSR count). The second-order valence-corrected chi connectivity index (χ2v) is 7.13. The number of aromatic nitrogens is 1. The quantitative estimate of drug-likeness (QED) is 0.921. The lowest BCUT2D eigenvalue weighted by Gasteiger charge is -2.09. The fourth-order valence-corrected chi connectivity index (χ4v) is 3.32. The monoisotopic (exact) mass is 296 g/mol. The van der Waals surface area contributed by atoms with E-state index >= 15 is 0 Å². The Morgan fingerprint density at radius 1 is 1.32 bits per heavy atom. The summed E-state index contributed by atoms with van der Waals surface area (Å²) < 4.78 is 23.3. The average Bonchev–Trinajstić information content (AvgIpc) is 2.83. The number of sulfone groups is 1. The number of rotatable bonds is 5. The molecule has 1 heterocycles. The fraction of sp³-hybridized carbons (Fsp3) is 0.308. The van der Waals surface area contributed by atoms with Gasteiger partial charge in [0.2, 0.25) is 0 Å². The van der Waals surface area contributed by atoms with Gasteiger partial charge in [0.15, 0.2) is 9.84 Å². The number of hydrogen-bond donors (Lipinski definition) is 1. The van der Waals surface area contributed by atoms with Gasteiger partial charge in [-0.2, -0.15) is 0 Å². The van der Waals surface area contributed by atoms with E-state index in [9.17, 15) is 8.42 Å². The first-order chi connectivity index (χ1) is 9.00. The van der Waals surface area contributed by atoms with Crippen molar-refractivity contribution < 1.29 is 8.42 Å². The molecule has 19 heavy (non-hydrogen) atoms. The highest BCUT2D eigenvalue weighted by Gasteiger charge is 2.12. The van der Waals surface area contributed by atoms with Crippen LogP contribution in [0.15, 0.2) is 34.5 Å². The van der Waals surface area contributed by atoms with Crippen molar-refractivity contribution in [1.29, 1.82) is 0 Å². The Morgan fingerprint density at radius 2 is 2.05 bits per heavy atom. The molecule has 2 aromatic rings. The van der Waals surface area contributed by atoms with E-state index in [1.165, 1.54) is 6.26 Å². The molecule has 0 amide bonds. The van der Waals surface area contributed by atoms with Crippen molar-refractivity contribution in [1.82, 2.24) is 4.98 Å². The maximum atomic E-state index is 11.7. The van der Waals surface area contributed by atoms with Gasteiger partial charge in [-0.15, -0.1) is 11.3 Å². The zero-order valence-electron chi connectivity index (χ0n) is 10.9. The predicted molar refractivity (Wildman–Crippen MR) is 78.4 cm³/mol. The number of anilines is 1. The van der Waals surface area contributed by atoms with Crippen molar-refractivity contribution in [2.45, 2.75) is 24.8 Å². The van der Waals surface area contributed by atoms with Gasteiger partial charge in [0.1, 0.15) is 0 Å². The zero-order valence-corrected chi connectivity index (χ0v) is 12.5. The molecule has 0 atom stereocenters. The lowest BCUT2D eigenvalue weighted by atomic mass is 10.3. The lowest BCUT2D eigenvalue weighted by molar-refractivity contribution is 0.602. The van der Waals surface area contributed by atoms with Gasteiger partial charge in [0, 0.05) is 11.6 Å². The molecule has 4 nitrogen and oxygen atoms in total. The molecular formula is C13H16N2O2S2. The largest absolute Gasteiger partial charge is 0.378 e. The van der Waals surface area contributed by atoms with Crippen LogP contribution in [0.2, 0.25) is 0 Å². The second-order valence-electron chi connectivity index (χ2n) is 4.21. The molecule has 0 aliphatic carbocycles. The predicted octanol–water partition coefficient (Wildman–Crippen LogP) is 2.72. The first-order valence-corrected chi connectivity index (χ1v) is 8.74. The second kappa shape index (κ2) is 5.71. The Labute approximate surface area is 117 Å². The van der Waals surface area contributed by atoms with Crippen molar-refractivity contribution in [2.24, 2.45) is 0 Å². The van der Waals surface area contributed by atoms with E-state index in [4.69, 9.17) is 0 Å². The number of aryl methyl sites for hydroxylation is 1. The van der Waals surface area contributed by atoms with Crippen LogP contribution in [0.25, 0.3) is 0 Å². The molecule has 1 N–H and O–H groups in total. The number of benzene rings is 1. The van der Waals surface area contributed by atoms with E-state index in [0.717, 1.165) is 17.1 Å². The van der Waals surface area contributed by atoms with Gasteiger partial charge in [0.05, 0.1) is 27.8 Å². The third-order valence-corrected chi connectivity index (χ3v) is 4.85. The van der Waals surface area contributed by atoms with Crippen LogP contribution in [0.4, 0.5) is 5.69 Å². The van der Waals surface area contributed by atoms with Gasteiger partial charge < -0.3 is 5.32 Å². The van der Waals surface area contributed by atoms with E-state index in [1.807, 2.05) is 11.4 Å². The molecule has 0 saturated heterocycles. The highest BCUT2D eigenvalue weighted by atomic mass is 32.2. The van der Waals surface area contributed by atoms with E-state index < -0.39 is 9.84 Å². The van der Waals surface area contributed by atoms with Crippen LogP contribution in [0.1, 0.15) is 17.6 Å². The molecule has 6 heteroatoms. The maximum Gasteiger partial charge on any atom is 0.177 e. The molecule has 0 fully saturated rings. The van der Waals surface area contributed by atoms with Crippen molar-refractivity contribution in [2.75, 3.05) is 11.6 Å². The molecule has 0 aliphatic heterocycles. The summed E-state index contributed by atoms with van der Waals surface area (Å²) in [5.41, 5.74) is 1.56. The summed E-state index contributed by atoms with van der Waals surface area (Å²) >= 11 is 1.63. The number of thiazole rings is 1. The Hall–Kier alpha value is -1.40. The molecular weight excluding hydrogens is 280 g/mol. The molecule has 1 aromatic carbocycles. The third-order valence-electron chi connectivity index (χ3n) is 2.65. The topological polar surface area (TPSA) is 59.1 Å². The van der Waals surface area contributed by atoms with Crippen molar-refractivity contribution in [3.8, 4) is 0 Å². The zero-order chi connectivity index (χ0) is 13.9. The van der Waals surface area contributed by atoms with Crippen LogP contribution < -0.4 is 5.32 Å². The van der Waals surface area contributed by atoms with Crippen LogP contribution >= 0.6 is 11.3 Å². The van der Waals surface area contributed by atoms with Gasteiger partial charge >= 0.3 is 0 Å². The van der Waals surface area contributed by atoms with E-state index in [0.29, 0.717) is 17.1 Å². The normalized spacial score (nSPS) is 11.5. The number of nitrogens with one attached hydrogen (secondary N) is 1. The molecule has 0 spiro atoms. The average molecular weight is 296 g/mol. The Balaban J connectivity index is 2.16. The Bertz CT molecular complexity index is 663. The van der Waals surface area contributed by atoms with E-state index in [-0.39, 0.29) is 0 Å². The van der Waals surface area contributed by atoms with Gasteiger partial charge in [0.25, 0.3) is 0 Å². The molecule has 0 bridgehead atoms. The van der Waals surface area contributed by atoms with Crippen LogP contribution in [0, 0.1) is 0 Å². The van der Waals surface area contributed by atoms with Gasteiger partial charge in [-0.05, 0) is 18.6 Å². The highest BCUT2D eigenvalue weighted by molar-refractivity contribution is 7.90. The summed E-state index contributed by atoms with van der Waals surface area (Å²) in [6.45, 7) is 2.60. The first kappa shape index (κ1) is 14.0. The van der Waals surface area contributed by atoms with Gasteiger partial charge in [-0.3, -0.25) is 0 Å². The van der Waals surface area contributed by atoms with Crippen molar-refractivity contribution in [3.05, 3.63) is 40.3 Å². The standard InChI is InChI=1S/C13H16N2O2S2/c1-3-13-15-10(9-18-13)8-14-11-6-4-5-7-12(11)19(2,16)17/h4-7,9,14H,3,8H2,1-2H3. The summed E-state index contributed by atoms with van der Waals surface area (Å²) in [5.74, 6) is 0. The Morgan fingerprint density at radius 3 is 2.68 bits per heavy atom. The van der Waals surface area contributed by atoms with Crippen molar-refractivity contribution in [3.63, 3.8) is 0 Å². The van der Waals surface area contributed by atoms with Crippen LogP contribution in [-0.2, 0) is 22.8 Å². The number of nitrogens with zero attached hydrogens (tertiary/aromatic N) is 1. The van der Waals surface area contributed by atoms with Crippen LogP contribution in [-0.4, -0.2) is 19.7 Å². The van der Waals surface area contributed by atoms with Crippen LogP contribution in [0.5, 0.6) is 0 Å². The first-order valence-electron chi connectivity index (χ1n) is 5.97. The minimum absolute atomic E-state index is 0.320. The van der Waals surface area contributed by atoms with Gasteiger partial charge in [-0.25, -0.2) is 13.4 Å². The number of para-hydroxylation sites is 1. The Kier molecular flexibility index (Phi) is 4.21. The maximum absolute atomic E-state index is 11.7. The molecule has 1 aromatic heterocycles. The summed E-state index contributed by atoms with van der Waals surface area (Å²) in [6.07, 6.45) is 2.14. The molecule has 0 unspecified atom stereocenters. The molecule has 0 aliphatic rings. The third kappa shape index (κ3) is 3.54.